The molecule has 11 nitrogen and oxygen atoms in total. The second-order valence-electron chi connectivity index (χ2n) is 11.6. The molecule has 0 amide bonds. The molecule has 2 saturated heterocycles. The second-order valence-corrected chi connectivity index (χ2v) is 13.7. The van der Waals surface area contributed by atoms with Crippen molar-refractivity contribution in [1.29, 1.82) is 0 Å². The van der Waals surface area contributed by atoms with Gasteiger partial charge in [0.15, 0.2) is 11.5 Å². The molecule has 0 aliphatic carbocycles. The van der Waals surface area contributed by atoms with Crippen molar-refractivity contribution in [3.63, 3.8) is 0 Å². The first-order valence-electron chi connectivity index (χ1n) is 15.5. The van der Waals surface area contributed by atoms with E-state index in [0.717, 1.165) is 65.2 Å². The van der Waals surface area contributed by atoms with Gasteiger partial charge in [0.1, 0.15) is 0 Å². The lowest BCUT2D eigenvalue weighted by Gasteiger charge is -2.36. The number of benzene rings is 3. The third-order valence-corrected chi connectivity index (χ3v) is 10.8. The molecule has 1 unspecified atom stereocenters. The lowest BCUT2D eigenvalue weighted by Crippen LogP contribution is -2.45. The highest BCUT2D eigenvalue weighted by Crippen LogP contribution is 2.44. The Morgan fingerprint density at radius 3 is 2.48 bits per heavy atom. The SMILES string of the molecule is COc1cc2c(cnn2Cc2ccc(NS(=O)(=O)N3CCOCC3)cc2)c(C(Cc2cccc(Cl)c2C)N2CCNCC2)c1OC. The molecule has 3 heterocycles. The number of hydrogen-bond acceptors (Lipinski definition) is 8. The van der Waals surface area contributed by atoms with E-state index in [0.29, 0.717) is 50.0 Å². The number of hydrogen-bond donors (Lipinski definition) is 2. The molecule has 4 aromatic rings. The predicted octanol–water partition coefficient (Wildman–Crippen LogP) is 4.24. The fourth-order valence-electron chi connectivity index (χ4n) is 6.36. The second kappa shape index (κ2) is 14.2. The Morgan fingerprint density at radius 2 is 1.78 bits per heavy atom. The Balaban J connectivity index is 1.34. The molecule has 46 heavy (non-hydrogen) atoms. The van der Waals surface area contributed by atoms with Gasteiger partial charge in [0.2, 0.25) is 0 Å². The van der Waals surface area contributed by atoms with E-state index in [9.17, 15) is 8.42 Å². The van der Waals surface area contributed by atoms with Crippen molar-refractivity contribution in [2.24, 2.45) is 0 Å². The van der Waals surface area contributed by atoms with Gasteiger partial charge in [0.25, 0.3) is 0 Å². The topological polar surface area (TPSA) is 110 Å². The van der Waals surface area contributed by atoms with Gasteiger partial charge in [-0.2, -0.15) is 17.8 Å². The van der Waals surface area contributed by atoms with Crippen molar-refractivity contribution in [3.8, 4) is 11.5 Å². The monoisotopic (exact) mass is 668 g/mol. The van der Waals surface area contributed by atoms with Crippen LogP contribution in [0, 0.1) is 6.92 Å². The van der Waals surface area contributed by atoms with Gasteiger partial charge in [-0.1, -0.05) is 35.9 Å². The molecule has 13 heteroatoms. The van der Waals surface area contributed by atoms with Crippen molar-refractivity contribution in [2.45, 2.75) is 25.9 Å². The van der Waals surface area contributed by atoms with E-state index in [4.69, 9.17) is 30.9 Å². The molecule has 0 saturated carbocycles. The average molecular weight is 669 g/mol. The van der Waals surface area contributed by atoms with Crippen molar-refractivity contribution >= 4 is 38.4 Å². The third-order valence-electron chi connectivity index (χ3n) is 8.89. The van der Waals surface area contributed by atoms with Crippen LogP contribution < -0.4 is 19.5 Å². The molecule has 2 aliphatic rings. The lowest BCUT2D eigenvalue weighted by atomic mass is 9.91. The molecular formula is C33H41ClN6O5S. The normalized spacial score (nSPS) is 17.2. The van der Waals surface area contributed by atoms with Crippen LogP contribution in [0.5, 0.6) is 11.5 Å². The van der Waals surface area contributed by atoms with E-state index in [1.165, 1.54) is 9.87 Å². The fraction of sp³-hybridized carbons (Fsp3) is 0.424. The quantitative estimate of drug-likeness (QED) is 0.244. The summed E-state index contributed by atoms with van der Waals surface area (Å²) in [5, 5.41) is 10.1. The van der Waals surface area contributed by atoms with E-state index in [1.54, 1.807) is 26.4 Å². The number of morpholine rings is 1. The van der Waals surface area contributed by atoms with E-state index < -0.39 is 10.2 Å². The first-order chi connectivity index (χ1) is 22.3. The van der Waals surface area contributed by atoms with Crippen molar-refractivity contribution < 1.29 is 22.6 Å². The average Bonchev–Trinajstić information content (AvgIpc) is 3.48. The number of piperazine rings is 1. The summed E-state index contributed by atoms with van der Waals surface area (Å²) >= 11 is 6.57. The number of aromatic nitrogens is 2. The van der Waals surface area contributed by atoms with Crippen LogP contribution in [0.15, 0.2) is 54.7 Å². The van der Waals surface area contributed by atoms with Crippen molar-refractivity contribution in [1.82, 2.24) is 24.3 Å². The summed E-state index contributed by atoms with van der Waals surface area (Å²) in [5.41, 5.74) is 5.71. The summed E-state index contributed by atoms with van der Waals surface area (Å²) < 4.78 is 48.9. The molecule has 0 bridgehead atoms. The Labute approximate surface area is 275 Å². The van der Waals surface area contributed by atoms with Gasteiger partial charge >= 0.3 is 10.2 Å². The highest BCUT2D eigenvalue weighted by molar-refractivity contribution is 7.90. The van der Waals surface area contributed by atoms with Gasteiger partial charge in [-0.05, 0) is 48.2 Å². The van der Waals surface area contributed by atoms with E-state index in [2.05, 4.69) is 27.9 Å². The zero-order chi connectivity index (χ0) is 32.3. The van der Waals surface area contributed by atoms with Crippen LogP contribution in [-0.4, -0.2) is 94.1 Å². The molecule has 2 N–H and O–H groups in total. The largest absolute Gasteiger partial charge is 0.493 e. The Kier molecular flexibility index (Phi) is 10.0. The predicted molar refractivity (Wildman–Crippen MR) is 180 cm³/mol. The van der Waals surface area contributed by atoms with Crippen LogP contribution in [0.1, 0.15) is 28.3 Å². The fourth-order valence-corrected chi connectivity index (χ4v) is 7.75. The zero-order valence-electron chi connectivity index (χ0n) is 26.5. The van der Waals surface area contributed by atoms with Gasteiger partial charge in [0, 0.05) is 73.0 Å². The Morgan fingerprint density at radius 1 is 1.04 bits per heavy atom. The minimum Gasteiger partial charge on any atom is -0.493 e. The summed E-state index contributed by atoms with van der Waals surface area (Å²) in [5.74, 6) is 1.34. The molecule has 3 aromatic carbocycles. The maximum Gasteiger partial charge on any atom is 0.301 e. The first kappa shape index (κ1) is 32.5. The number of halogens is 1. The lowest BCUT2D eigenvalue weighted by molar-refractivity contribution is 0.0733. The Hall–Kier alpha value is -3.39. The van der Waals surface area contributed by atoms with Gasteiger partial charge in [-0.25, -0.2) is 0 Å². The molecule has 6 rings (SSSR count). The van der Waals surface area contributed by atoms with Crippen LogP contribution in [0.3, 0.4) is 0 Å². The molecule has 2 aliphatic heterocycles. The minimum atomic E-state index is -3.65. The molecule has 1 atom stereocenters. The highest BCUT2D eigenvalue weighted by Gasteiger charge is 2.31. The first-order valence-corrected chi connectivity index (χ1v) is 17.3. The molecule has 246 valence electrons. The van der Waals surface area contributed by atoms with Crippen LogP contribution in [0.4, 0.5) is 5.69 Å². The van der Waals surface area contributed by atoms with E-state index >= 15 is 0 Å². The van der Waals surface area contributed by atoms with Crippen LogP contribution in [-0.2, 0) is 27.9 Å². The molecule has 1 aromatic heterocycles. The van der Waals surface area contributed by atoms with Gasteiger partial charge in [-0.15, -0.1) is 0 Å². The van der Waals surface area contributed by atoms with Crippen molar-refractivity contribution in [3.05, 3.63) is 82.0 Å². The summed E-state index contributed by atoms with van der Waals surface area (Å²) in [4.78, 5) is 2.50. The van der Waals surface area contributed by atoms with Crippen LogP contribution in [0.2, 0.25) is 5.02 Å². The van der Waals surface area contributed by atoms with E-state index in [-0.39, 0.29) is 6.04 Å². The number of ether oxygens (including phenoxy) is 3. The molecule has 0 spiro atoms. The Bertz CT molecular complexity index is 1770. The number of nitrogens with one attached hydrogen (secondary N) is 2. The smallest absolute Gasteiger partial charge is 0.301 e. The van der Waals surface area contributed by atoms with Crippen molar-refractivity contribution in [2.75, 3.05) is 71.4 Å². The van der Waals surface area contributed by atoms with Gasteiger partial charge < -0.3 is 19.5 Å². The highest BCUT2D eigenvalue weighted by atomic mass is 35.5. The summed E-state index contributed by atoms with van der Waals surface area (Å²) in [6, 6.07) is 15.4. The van der Waals surface area contributed by atoms with E-state index in [1.807, 2.05) is 41.2 Å². The number of methoxy groups -OCH3 is 2. The van der Waals surface area contributed by atoms with Crippen LogP contribution >= 0.6 is 11.6 Å². The summed E-state index contributed by atoms with van der Waals surface area (Å²) in [7, 11) is -0.303. The zero-order valence-corrected chi connectivity index (χ0v) is 28.0. The maximum absolute atomic E-state index is 12.8. The van der Waals surface area contributed by atoms with Gasteiger partial charge in [0.05, 0.1) is 45.7 Å². The number of rotatable bonds is 11. The molecule has 0 radical (unpaired) electrons. The number of nitrogens with zero attached hydrogens (tertiary/aromatic N) is 4. The molecular weight excluding hydrogens is 628 g/mol. The third kappa shape index (κ3) is 6.83. The number of anilines is 1. The molecule has 2 fully saturated rings. The maximum atomic E-state index is 12.8. The van der Waals surface area contributed by atoms with Crippen LogP contribution in [0.25, 0.3) is 10.9 Å². The standard InChI is InChI=1S/C33H41ClN6O5S/c1-23-25(5-4-6-28(23)34)19-30(38-13-11-35-12-14-38)32-27-21-36-40(29(27)20-31(43-2)33(32)44-3)22-24-7-9-26(10-8-24)37-46(41,42)39-15-17-45-18-16-39/h4-10,20-21,30,35,37H,11-19,22H2,1-3H3. The minimum absolute atomic E-state index is 0.0109. The summed E-state index contributed by atoms with van der Waals surface area (Å²) in [6.45, 7) is 7.61. The number of fused-ring (bicyclic) bond motifs is 1. The van der Waals surface area contributed by atoms with Gasteiger partial charge in [-0.3, -0.25) is 14.3 Å². The summed E-state index contributed by atoms with van der Waals surface area (Å²) in [6.07, 6.45) is 2.66.